The number of anilines is 2. The molecule has 8 atom stereocenters. The number of ether oxygens (including phenoxy) is 1. The molecule has 5 aliphatic heterocycles. The molecule has 18 heteroatoms. The van der Waals surface area contributed by atoms with E-state index in [4.69, 9.17) is 16.3 Å². The molecule has 13 nitrogen and oxygen atoms in total. The van der Waals surface area contributed by atoms with Gasteiger partial charge in [-0.25, -0.2) is 4.39 Å². The van der Waals surface area contributed by atoms with Crippen LogP contribution in [0.1, 0.15) is 121 Å². The first-order chi connectivity index (χ1) is 34.1. The average Bonchev–Trinajstić information content (AvgIpc) is 3.54. The van der Waals surface area contributed by atoms with E-state index in [9.17, 15) is 37.1 Å². The summed E-state index contributed by atoms with van der Waals surface area (Å²) in [6.07, 6.45) is -0.226. The summed E-state index contributed by atoms with van der Waals surface area (Å²) < 4.78 is 64.0. The van der Waals surface area contributed by atoms with E-state index in [2.05, 4.69) is 38.1 Å². The van der Waals surface area contributed by atoms with Crippen molar-refractivity contribution in [2.75, 3.05) is 30.8 Å². The van der Waals surface area contributed by atoms with Crippen LogP contribution in [0.25, 0.3) is 0 Å². The third-order valence-corrected chi connectivity index (χ3v) is 16.3. The van der Waals surface area contributed by atoms with Crippen molar-refractivity contribution in [3.8, 4) is 17.6 Å². The van der Waals surface area contributed by atoms with Gasteiger partial charge in [-0.15, -0.1) is 0 Å². The Morgan fingerprint density at radius 1 is 1.06 bits per heavy atom. The normalized spacial score (nSPS) is 27.5. The number of hydrogen-bond donors (Lipinski definition) is 4. The third kappa shape index (κ3) is 8.33. The third-order valence-electron chi connectivity index (χ3n) is 16.0. The van der Waals surface area contributed by atoms with Crippen LogP contribution in [0, 0.1) is 34.4 Å². The number of benzene rings is 3. The molecule has 376 valence electrons. The molecule has 1 saturated carbocycles. The lowest BCUT2D eigenvalue weighted by atomic mass is 9.63. The van der Waals surface area contributed by atoms with Crippen molar-refractivity contribution >= 4 is 52.5 Å². The number of alkyl halides is 3. The first-order valence-electron chi connectivity index (χ1n) is 24.2. The highest BCUT2D eigenvalue weighted by Crippen LogP contribution is 2.61. The van der Waals surface area contributed by atoms with Gasteiger partial charge < -0.3 is 30.5 Å². The van der Waals surface area contributed by atoms with Crippen molar-refractivity contribution in [1.29, 1.82) is 0 Å². The molecule has 0 radical (unpaired) electrons. The summed E-state index contributed by atoms with van der Waals surface area (Å²) in [5, 5.41) is 11.8. The van der Waals surface area contributed by atoms with Gasteiger partial charge in [0, 0.05) is 94.9 Å². The lowest BCUT2D eigenvalue weighted by Gasteiger charge is -2.40. The number of pyridine rings is 1. The molecular formula is C54H54ClF4N7O6. The Kier molecular flexibility index (Phi) is 12.2. The molecule has 6 aliphatic rings. The molecule has 1 aliphatic carbocycles. The molecule has 10 rings (SSSR count). The summed E-state index contributed by atoms with van der Waals surface area (Å²) in [6.45, 7) is 8.89. The van der Waals surface area contributed by atoms with Gasteiger partial charge in [-0.1, -0.05) is 62.4 Å². The number of carbonyl (C=O) groups excluding carboxylic acids is 5. The van der Waals surface area contributed by atoms with E-state index in [0.717, 1.165) is 30.9 Å². The lowest BCUT2D eigenvalue weighted by molar-refractivity contribution is -0.141. The van der Waals surface area contributed by atoms with Crippen molar-refractivity contribution in [3.63, 3.8) is 0 Å². The molecule has 4 aromatic rings. The van der Waals surface area contributed by atoms with Gasteiger partial charge in [0.05, 0.1) is 23.9 Å². The number of amides is 5. The van der Waals surface area contributed by atoms with Gasteiger partial charge in [0.25, 0.3) is 11.8 Å². The summed E-state index contributed by atoms with van der Waals surface area (Å²) in [6, 6.07) is 13.0. The number of piperidine rings is 2. The van der Waals surface area contributed by atoms with E-state index in [1.54, 1.807) is 42.5 Å². The van der Waals surface area contributed by atoms with Gasteiger partial charge in [0.1, 0.15) is 23.3 Å². The van der Waals surface area contributed by atoms with Crippen molar-refractivity contribution < 1.29 is 46.3 Å². The molecule has 6 heterocycles. The van der Waals surface area contributed by atoms with E-state index in [-0.39, 0.29) is 94.2 Å². The number of aromatic nitrogens is 1. The van der Waals surface area contributed by atoms with Gasteiger partial charge in [-0.2, -0.15) is 13.2 Å². The highest BCUT2D eigenvalue weighted by Gasteiger charge is 2.63. The minimum atomic E-state index is -4.71. The molecule has 4 fully saturated rings. The number of nitrogens with one attached hydrogen (secondary N) is 4. The fraction of sp³-hybridized carbons (Fsp3) is 0.444. The molecule has 1 aromatic heterocycles. The molecule has 3 aromatic carbocycles. The average molecular weight is 1010 g/mol. The monoisotopic (exact) mass is 1010 g/mol. The predicted molar refractivity (Wildman–Crippen MR) is 260 cm³/mol. The smallest absolute Gasteiger partial charge is 0.433 e. The van der Waals surface area contributed by atoms with Crippen molar-refractivity contribution in [3.05, 3.63) is 117 Å². The highest BCUT2D eigenvalue weighted by atomic mass is 35.5. The largest absolute Gasteiger partial charge is 0.495 e. The van der Waals surface area contributed by atoms with Crippen LogP contribution in [0.15, 0.2) is 66.9 Å². The molecule has 72 heavy (non-hydrogen) atoms. The molecule has 3 saturated heterocycles. The van der Waals surface area contributed by atoms with E-state index in [1.807, 2.05) is 38.7 Å². The van der Waals surface area contributed by atoms with Crippen LogP contribution < -0.4 is 26.0 Å². The zero-order chi connectivity index (χ0) is 51.2. The number of likely N-dealkylation sites (tertiary alicyclic amines) is 1. The number of carbonyl (C=O) groups is 5. The Labute approximate surface area is 419 Å². The Balaban J connectivity index is 0.886. The first kappa shape index (κ1) is 49.1. The standard InChI is InChI=1S/C54H54ClF4N7O6/c1-28-52(23-31(52)15-13-29-9-6-10-32-34(29)26-66(50(32)71)39-17-18-43(67)64-47(39)68)19-8-20-65(28)49(70)30-14-16-37(40(21-30)72-5)62-48(69)46-44(33-11-7-12-36(55)45(33)56)53(42(63-46)24-51(2,3)4)27-61-38-22-41(54(57,58)59)60-25-35(38)53/h6-7,9-12,14,16,21-22,25,28,31,39,42,44,46,61,63H,8,17-20,23-24,26-27H2,1-5H3,(H,62,69)(H,64,67,68)/t28-,31-,39?,42-,44-,46+,52-,53-/m0/s1. The quantitative estimate of drug-likeness (QED) is 0.0813. The maximum Gasteiger partial charge on any atom is 0.433 e. The van der Waals surface area contributed by atoms with Crippen molar-refractivity contribution in [2.24, 2.45) is 16.7 Å². The highest BCUT2D eigenvalue weighted by molar-refractivity contribution is 6.30. The number of fused-ring (bicyclic) bond motifs is 3. The van der Waals surface area contributed by atoms with Crippen LogP contribution in [0.2, 0.25) is 5.02 Å². The Bertz CT molecular complexity index is 3020. The van der Waals surface area contributed by atoms with Crippen LogP contribution in [-0.4, -0.2) is 88.7 Å². The van der Waals surface area contributed by atoms with Gasteiger partial charge in [-0.05, 0) is 98.0 Å². The van der Waals surface area contributed by atoms with E-state index < -0.39 is 59.0 Å². The lowest BCUT2D eigenvalue weighted by Crippen LogP contribution is -2.52. The second kappa shape index (κ2) is 17.9. The first-order valence-corrected chi connectivity index (χ1v) is 24.6. The van der Waals surface area contributed by atoms with Gasteiger partial charge in [-0.3, -0.25) is 34.3 Å². The van der Waals surface area contributed by atoms with Crippen LogP contribution in [0.3, 0.4) is 0 Å². The minimum absolute atomic E-state index is 0.00733. The van der Waals surface area contributed by atoms with Crippen molar-refractivity contribution in [1.82, 2.24) is 25.4 Å². The number of methoxy groups -OCH3 is 1. The van der Waals surface area contributed by atoms with Crippen LogP contribution in [-0.2, 0) is 32.5 Å². The molecular weight excluding hydrogens is 954 g/mol. The Hall–Kier alpha value is -6.51. The summed E-state index contributed by atoms with van der Waals surface area (Å²) >= 11 is 6.39. The van der Waals surface area contributed by atoms with Crippen LogP contribution in [0.5, 0.6) is 5.75 Å². The Morgan fingerprint density at radius 3 is 2.57 bits per heavy atom. The summed E-state index contributed by atoms with van der Waals surface area (Å²) in [4.78, 5) is 74.4. The van der Waals surface area contributed by atoms with E-state index >= 15 is 4.39 Å². The Morgan fingerprint density at radius 2 is 1.83 bits per heavy atom. The SMILES string of the molecule is COc1cc(C(=O)N2CCC[C@]3(C[C@@H]3C#Cc3cccc4c3CN(C3CCC(=O)NC3=O)C4=O)[C@@H]2C)ccc1NC(=O)[C@@H]1N[C@@H](CC(C)(C)C)[C@@]2(CNc3cc(C(F)(F)F)ncc32)[C@H]1c1cccc(Cl)c1F. The van der Waals surface area contributed by atoms with Gasteiger partial charge >= 0.3 is 6.18 Å². The predicted octanol–water partition coefficient (Wildman–Crippen LogP) is 8.21. The minimum Gasteiger partial charge on any atom is -0.495 e. The number of imide groups is 1. The zero-order valence-corrected chi connectivity index (χ0v) is 41.1. The number of nitrogens with zero attached hydrogens (tertiary/aromatic N) is 3. The number of hydrogen-bond acceptors (Lipinski definition) is 9. The number of halogens is 5. The molecule has 1 unspecified atom stereocenters. The molecule has 2 spiro atoms. The van der Waals surface area contributed by atoms with Gasteiger partial charge in [0.2, 0.25) is 17.7 Å². The van der Waals surface area contributed by atoms with Crippen molar-refractivity contribution in [2.45, 2.75) is 114 Å². The summed E-state index contributed by atoms with van der Waals surface area (Å²) in [7, 11) is 1.42. The fourth-order valence-electron chi connectivity index (χ4n) is 12.3. The maximum absolute atomic E-state index is 16.4. The molecule has 5 amide bonds. The number of rotatable bonds is 7. The van der Waals surface area contributed by atoms with E-state index in [0.29, 0.717) is 35.2 Å². The van der Waals surface area contributed by atoms with Crippen LogP contribution in [0.4, 0.5) is 28.9 Å². The zero-order valence-electron chi connectivity index (χ0n) is 40.4. The second-order valence-corrected chi connectivity index (χ2v) is 21.7. The van der Waals surface area contributed by atoms with E-state index in [1.165, 1.54) is 24.3 Å². The maximum atomic E-state index is 16.4. The molecule has 4 N–H and O–H groups in total. The topological polar surface area (TPSA) is 162 Å². The molecule has 0 bridgehead atoms. The summed E-state index contributed by atoms with van der Waals surface area (Å²) in [5.41, 5.74) is 0.430. The second-order valence-electron chi connectivity index (χ2n) is 21.3. The van der Waals surface area contributed by atoms with Gasteiger partial charge in [0.15, 0.2) is 0 Å². The summed E-state index contributed by atoms with van der Waals surface area (Å²) in [5.74, 6) is 3.39. The van der Waals surface area contributed by atoms with Crippen LogP contribution >= 0.6 is 11.6 Å². The fourth-order valence-corrected chi connectivity index (χ4v) is 12.5.